The Morgan fingerprint density at radius 2 is 1.74 bits per heavy atom. The van der Waals surface area contributed by atoms with Gasteiger partial charge in [-0.15, -0.1) is 0 Å². The molecule has 2 aromatic rings. The van der Waals surface area contributed by atoms with Gasteiger partial charge in [0.15, 0.2) is 0 Å². The van der Waals surface area contributed by atoms with E-state index in [2.05, 4.69) is 26.1 Å². The van der Waals surface area contributed by atoms with Gasteiger partial charge in [-0.05, 0) is 35.2 Å². The molecule has 9 heteroatoms. The fourth-order valence-corrected chi connectivity index (χ4v) is 5.13. The Morgan fingerprint density at radius 3 is 2.34 bits per heavy atom. The molecule has 2 fully saturated rings. The van der Waals surface area contributed by atoms with E-state index in [1.54, 1.807) is 24.3 Å². The molecule has 3 aliphatic heterocycles. The summed E-state index contributed by atoms with van der Waals surface area (Å²) in [7, 11) is 0. The van der Waals surface area contributed by atoms with Crippen LogP contribution in [0.2, 0.25) is 0 Å². The summed E-state index contributed by atoms with van der Waals surface area (Å²) in [6, 6.07) is 12.7. The summed E-state index contributed by atoms with van der Waals surface area (Å²) < 4.78 is 6.07. The molecule has 2 aromatic carbocycles. The molecule has 2 saturated heterocycles. The van der Waals surface area contributed by atoms with Gasteiger partial charge in [0.2, 0.25) is 11.8 Å². The van der Waals surface area contributed by atoms with Gasteiger partial charge in [0.25, 0.3) is 11.6 Å². The molecule has 0 spiro atoms. The molecule has 0 radical (unpaired) electrons. The lowest BCUT2D eigenvalue weighted by molar-refractivity contribution is -0.384. The van der Waals surface area contributed by atoms with Gasteiger partial charge >= 0.3 is 0 Å². The summed E-state index contributed by atoms with van der Waals surface area (Å²) in [4.78, 5) is 50.9. The molecular formula is C26H25N3O6. The smallest absolute Gasteiger partial charge is 0.269 e. The summed E-state index contributed by atoms with van der Waals surface area (Å²) in [6.07, 6.45) is 2.95. The van der Waals surface area contributed by atoms with Gasteiger partial charge in [0.05, 0.1) is 35.1 Å². The third kappa shape index (κ3) is 3.63. The van der Waals surface area contributed by atoms with Crippen LogP contribution in [0.5, 0.6) is 0 Å². The molecule has 3 heterocycles. The van der Waals surface area contributed by atoms with Crippen molar-refractivity contribution in [3.63, 3.8) is 0 Å². The molecule has 0 aliphatic carbocycles. The highest BCUT2D eigenvalue weighted by Gasteiger charge is 2.67. The van der Waals surface area contributed by atoms with Crippen molar-refractivity contribution < 1.29 is 24.0 Å². The van der Waals surface area contributed by atoms with Crippen LogP contribution in [0.4, 0.5) is 11.4 Å². The molecule has 180 valence electrons. The number of anilines is 1. The van der Waals surface area contributed by atoms with Crippen LogP contribution in [0.25, 0.3) is 0 Å². The van der Waals surface area contributed by atoms with Crippen LogP contribution in [0.3, 0.4) is 0 Å². The highest BCUT2D eigenvalue weighted by molar-refractivity contribution is 6.23. The number of nitro benzene ring substituents is 1. The first-order valence-electron chi connectivity index (χ1n) is 11.4. The number of ether oxygens (including phenoxy) is 1. The topological polar surface area (TPSA) is 119 Å². The van der Waals surface area contributed by atoms with Crippen molar-refractivity contribution in [2.45, 2.75) is 37.9 Å². The van der Waals surface area contributed by atoms with Gasteiger partial charge in [-0.25, -0.2) is 4.90 Å². The van der Waals surface area contributed by atoms with Gasteiger partial charge in [-0.3, -0.25) is 24.5 Å². The maximum atomic E-state index is 13.4. The predicted octanol–water partition coefficient (Wildman–Crippen LogP) is 3.14. The second kappa shape index (κ2) is 7.84. The summed E-state index contributed by atoms with van der Waals surface area (Å²) in [5.74, 6) is -2.64. The number of hydrogen-bond donors (Lipinski definition) is 1. The van der Waals surface area contributed by atoms with E-state index < -0.39 is 40.3 Å². The van der Waals surface area contributed by atoms with Gasteiger partial charge < -0.3 is 10.1 Å². The number of carbonyl (C=O) groups excluding carboxylic acids is 3. The van der Waals surface area contributed by atoms with Gasteiger partial charge in [0, 0.05) is 17.7 Å². The number of nitrogens with zero attached hydrogens (tertiary/aromatic N) is 2. The quantitative estimate of drug-likeness (QED) is 0.307. The van der Waals surface area contributed by atoms with Crippen molar-refractivity contribution in [1.29, 1.82) is 0 Å². The van der Waals surface area contributed by atoms with E-state index in [0.29, 0.717) is 5.56 Å². The van der Waals surface area contributed by atoms with Crippen molar-refractivity contribution >= 4 is 29.1 Å². The molecule has 35 heavy (non-hydrogen) atoms. The van der Waals surface area contributed by atoms with E-state index in [4.69, 9.17) is 4.74 Å². The van der Waals surface area contributed by atoms with Crippen LogP contribution in [0.15, 0.2) is 60.7 Å². The van der Waals surface area contributed by atoms with Crippen molar-refractivity contribution in [3.05, 3.63) is 81.9 Å². The zero-order valence-electron chi connectivity index (χ0n) is 19.6. The predicted molar refractivity (Wildman–Crippen MR) is 127 cm³/mol. The molecule has 2 bridgehead atoms. The lowest BCUT2D eigenvalue weighted by Crippen LogP contribution is -2.48. The standard InChI is InChI=1S/C26H25N3O6/c1-25(2,3)16-6-4-15(5-7-16)22(30)27-14-26-13-12-19(35-26)20-21(26)24(32)28(23(20)31)17-8-10-18(11-9-17)29(33)34/h4-13,19-21H,14H2,1-3H3,(H,27,30)/t19-,20-,21-,26-/m1/s1. The average molecular weight is 476 g/mol. The maximum absolute atomic E-state index is 13.4. The molecular weight excluding hydrogens is 450 g/mol. The Balaban J connectivity index is 1.34. The van der Waals surface area contributed by atoms with E-state index in [1.807, 2.05) is 12.1 Å². The van der Waals surface area contributed by atoms with Gasteiger partial charge in [-0.2, -0.15) is 0 Å². The average Bonchev–Trinajstić information content (AvgIpc) is 3.47. The fourth-order valence-electron chi connectivity index (χ4n) is 5.13. The highest BCUT2D eigenvalue weighted by Crippen LogP contribution is 2.52. The number of hydrogen-bond acceptors (Lipinski definition) is 6. The van der Waals surface area contributed by atoms with Crippen molar-refractivity contribution in [2.24, 2.45) is 11.8 Å². The maximum Gasteiger partial charge on any atom is 0.269 e. The molecule has 3 aliphatic rings. The summed E-state index contributed by atoms with van der Waals surface area (Å²) in [5, 5.41) is 13.8. The third-order valence-corrected chi connectivity index (χ3v) is 7.01. The zero-order valence-corrected chi connectivity index (χ0v) is 19.6. The Kier molecular flexibility index (Phi) is 5.14. The van der Waals surface area contributed by atoms with Crippen LogP contribution in [0, 0.1) is 22.0 Å². The minimum absolute atomic E-state index is 0.0325. The molecule has 0 unspecified atom stereocenters. The Hall–Kier alpha value is -3.85. The lowest BCUT2D eigenvalue weighted by atomic mass is 9.77. The molecule has 1 N–H and O–H groups in total. The van der Waals surface area contributed by atoms with Crippen LogP contribution in [-0.2, 0) is 19.7 Å². The van der Waals surface area contributed by atoms with Crippen molar-refractivity contribution in [1.82, 2.24) is 5.32 Å². The van der Waals surface area contributed by atoms with E-state index in [0.717, 1.165) is 10.5 Å². The molecule has 0 saturated carbocycles. The number of benzene rings is 2. The molecule has 3 amide bonds. The first-order chi connectivity index (χ1) is 16.5. The SMILES string of the molecule is CC(C)(C)c1ccc(C(=O)NC[C@@]23C=C[C@@H](O2)[C@H]2C(=O)N(c4ccc([N+](=O)[O-])cc4)C(=O)[C@@H]23)cc1. The number of nitrogens with one attached hydrogen (secondary N) is 1. The molecule has 0 aromatic heterocycles. The minimum Gasteiger partial charge on any atom is -0.360 e. The molecule has 9 nitrogen and oxygen atoms in total. The number of non-ortho nitro benzene ring substituents is 1. The van der Waals surface area contributed by atoms with Crippen LogP contribution >= 0.6 is 0 Å². The van der Waals surface area contributed by atoms with E-state index >= 15 is 0 Å². The minimum atomic E-state index is -1.13. The van der Waals surface area contributed by atoms with Gasteiger partial charge in [-0.1, -0.05) is 45.1 Å². The summed E-state index contributed by atoms with van der Waals surface area (Å²) in [5.41, 5.74) is 0.583. The monoisotopic (exact) mass is 475 g/mol. The largest absolute Gasteiger partial charge is 0.360 e. The van der Waals surface area contributed by atoms with E-state index in [9.17, 15) is 24.5 Å². The number of nitro groups is 1. The number of fused-ring (bicyclic) bond motifs is 5. The number of rotatable bonds is 5. The van der Waals surface area contributed by atoms with Crippen molar-refractivity contribution in [2.75, 3.05) is 11.4 Å². The fraction of sp³-hybridized carbons (Fsp3) is 0.346. The molecule has 5 rings (SSSR count). The van der Waals surface area contributed by atoms with Gasteiger partial charge in [0.1, 0.15) is 5.60 Å². The Bertz CT molecular complexity index is 1260. The zero-order chi connectivity index (χ0) is 25.1. The second-order valence-corrected chi connectivity index (χ2v) is 10.2. The Labute approximate surface area is 201 Å². The van der Waals surface area contributed by atoms with E-state index in [1.165, 1.54) is 24.3 Å². The van der Waals surface area contributed by atoms with Crippen LogP contribution in [0.1, 0.15) is 36.7 Å². The van der Waals surface area contributed by atoms with Crippen LogP contribution in [-0.4, -0.2) is 40.9 Å². The summed E-state index contributed by atoms with van der Waals surface area (Å²) >= 11 is 0. The van der Waals surface area contributed by atoms with Crippen molar-refractivity contribution in [3.8, 4) is 0 Å². The lowest BCUT2D eigenvalue weighted by Gasteiger charge is -2.29. The summed E-state index contributed by atoms with van der Waals surface area (Å²) in [6.45, 7) is 6.32. The third-order valence-electron chi connectivity index (χ3n) is 7.01. The molecule has 4 atom stereocenters. The first-order valence-corrected chi connectivity index (χ1v) is 11.4. The normalized spacial score (nSPS) is 26.8. The Morgan fingerprint density at radius 1 is 1.09 bits per heavy atom. The highest BCUT2D eigenvalue weighted by atomic mass is 16.6. The number of amides is 3. The van der Waals surface area contributed by atoms with E-state index in [-0.39, 0.29) is 29.2 Å². The number of carbonyl (C=O) groups is 3. The second-order valence-electron chi connectivity index (χ2n) is 10.2. The first kappa shape index (κ1) is 22.9. The number of imide groups is 1. The van der Waals surface area contributed by atoms with Crippen LogP contribution < -0.4 is 10.2 Å².